The van der Waals surface area contributed by atoms with Crippen molar-refractivity contribution in [2.75, 3.05) is 0 Å². The molecule has 20 heavy (non-hydrogen) atoms. The smallest absolute Gasteiger partial charge is 0.345 e. The first-order valence-corrected chi connectivity index (χ1v) is 7.00. The maximum absolute atomic E-state index is 11.9. The van der Waals surface area contributed by atoms with Gasteiger partial charge < -0.3 is 14.9 Å². The van der Waals surface area contributed by atoms with Crippen LogP contribution in [0.15, 0.2) is 23.6 Å². The lowest BCUT2D eigenvalue weighted by molar-refractivity contribution is -0.176. The Labute approximate surface area is 121 Å². The number of esters is 1. The minimum atomic E-state index is -2.39. The second-order valence-electron chi connectivity index (χ2n) is 4.64. The number of hydrogen-bond acceptors (Lipinski definition) is 6. The number of thiophene rings is 1. The van der Waals surface area contributed by atoms with Gasteiger partial charge in [-0.25, -0.2) is 4.79 Å². The fraction of sp³-hybridized carbons (Fsp3) is 0.429. The standard InChI is InChI=1S/C14H18O5S/c1-9(2)19-13(17)14(18,12(16)10(3)15)7-6-11-5-4-8-20-11/h4-9,12,16,18H,1-3H3/b7-6+/t12-,14+/m0/s1. The van der Waals surface area contributed by atoms with Crippen molar-refractivity contribution >= 4 is 29.2 Å². The van der Waals surface area contributed by atoms with E-state index in [4.69, 9.17) is 4.74 Å². The van der Waals surface area contributed by atoms with Crippen LogP contribution in [-0.2, 0) is 14.3 Å². The molecule has 6 heteroatoms. The number of carbonyl (C=O) groups is 2. The summed E-state index contributed by atoms with van der Waals surface area (Å²) < 4.78 is 4.91. The molecule has 0 fully saturated rings. The summed E-state index contributed by atoms with van der Waals surface area (Å²) in [6.45, 7) is 4.32. The molecule has 1 heterocycles. The molecule has 110 valence electrons. The molecule has 0 amide bonds. The van der Waals surface area contributed by atoms with Gasteiger partial charge in [-0.15, -0.1) is 11.3 Å². The lowest BCUT2D eigenvalue weighted by Crippen LogP contribution is -2.52. The van der Waals surface area contributed by atoms with E-state index in [0.29, 0.717) is 0 Å². The Morgan fingerprint density at radius 3 is 2.55 bits per heavy atom. The van der Waals surface area contributed by atoms with Gasteiger partial charge in [0.05, 0.1) is 6.10 Å². The highest BCUT2D eigenvalue weighted by Crippen LogP contribution is 2.20. The summed E-state index contributed by atoms with van der Waals surface area (Å²) in [6, 6.07) is 3.58. The molecule has 0 unspecified atom stereocenters. The van der Waals surface area contributed by atoms with Gasteiger partial charge in [-0.05, 0) is 44.4 Å². The van der Waals surface area contributed by atoms with Crippen LogP contribution in [0.2, 0.25) is 0 Å². The maximum atomic E-state index is 11.9. The van der Waals surface area contributed by atoms with Crippen molar-refractivity contribution in [3.05, 3.63) is 28.5 Å². The van der Waals surface area contributed by atoms with E-state index in [1.54, 1.807) is 26.0 Å². The average molecular weight is 298 g/mol. The normalized spacial score (nSPS) is 16.1. The molecule has 1 rings (SSSR count). The zero-order chi connectivity index (χ0) is 15.3. The van der Waals surface area contributed by atoms with Crippen molar-refractivity contribution in [3.63, 3.8) is 0 Å². The number of rotatable bonds is 6. The van der Waals surface area contributed by atoms with E-state index in [-0.39, 0.29) is 0 Å². The second-order valence-corrected chi connectivity index (χ2v) is 5.62. The van der Waals surface area contributed by atoms with Crippen LogP contribution in [0.1, 0.15) is 25.6 Å². The first-order valence-electron chi connectivity index (χ1n) is 6.12. The number of Topliss-reactive ketones (excluding diaryl/α,β-unsaturated/α-hetero) is 1. The first kappa shape index (κ1) is 16.6. The summed E-state index contributed by atoms with van der Waals surface area (Å²) >= 11 is 1.39. The molecule has 2 N–H and O–H groups in total. The van der Waals surface area contributed by atoms with Crippen LogP contribution in [0.5, 0.6) is 0 Å². The van der Waals surface area contributed by atoms with E-state index < -0.39 is 29.6 Å². The SMILES string of the molecule is CC(=O)[C@H](O)[C@](O)(/C=C/c1cccs1)C(=O)OC(C)C. The fourth-order valence-corrected chi connectivity index (χ4v) is 2.10. The highest BCUT2D eigenvalue weighted by molar-refractivity contribution is 7.10. The van der Waals surface area contributed by atoms with Crippen LogP contribution in [0.25, 0.3) is 6.08 Å². The largest absolute Gasteiger partial charge is 0.461 e. The average Bonchev–Trinajstić information content (AvgIpc) is 2.87. The monoisotopic (exact) mass is 298 g/mol. The quantitative estimate of drug-likeness (QED) is 0.775. The molecule has 1 aromatic rings. The van der Waals surface area contributed by atoms with Gasteiger partial charge in [-0.3, -0.25) is 4.79 Å². The zero-order valence-electron chi connectivity index (χ0n) is 11.6. The molecule has 5 nitrogen and oxygen atoms in total. The van der Waals surface area contributed by atoms with Gasteiger partial charge in [-0.2, -0.15) is 0 Å². The Morgan fingerprint density at radius 1 is 1.45 bits per heavy atom. The molecule has 0 aromatic carbocycles. The lowest BCUT2D eigenvalue weighted by Gasteiger charge is -2.27. The summed E-state index contributed by atoms with van der Waals surface area (Å²) in [5.41, 5.74) is -2.39. The molecular weight excluding hydrogens is 280 g/mol. The Bertz CT molecular complexity index is 492. The van der Waals surface area contributed by atoms with E-state index in [9.17, 15) is 19.8 Å². The second kappa shape index (κ2) is 6.78. The van der Waals surface area contributed by atoms with Crippen molar-refractivity contribution in [2.24, 2.45) is 0 Å². The minimum Gasteiger partial charge on any atom is -0.461 e. The summed E-state index contributed by atoms with van der Waals surface area (Å²) in [5, 5.41) is 22.0. The first-order chi connectivity index (χ1) is 9.27. The predicted molar refractivity (Wildman–Crippen MR) is 76.2 cm³/mol. The third-order valence-corrected chi connectivity index (χ3v) is 3.35. The van der Waals surface area contributed by atoms with Crippen molar-refractivity contribution in [2.45, 2.75) is 38.6 Å². The molecule has 0 spiro atoms. The van der Waals surface area contributed by atoms with Crippen LogP contribution < -0.4 is 0 Å². The number of ketones is 1. The van der Waals surface area contributed by atoms with Gasteiger partial charge in [0, 0.05) is 4.88 Å². The van der Waals surface area contributed by atoms with Gasteiger partial charge in [0.1, 0.15) is 0 Å². The summed E-state index contributed by atoms with van der Waals surface area (Å²) in [5.74, 6) is -1.77. The molecular formula is C14H18O5S. The van der Waals surface area contributed by atoms with E-state index in [2.05, 4.69) is 0 Å². The van der Waals surface area contributed by atoms with Crippen molar-refractivity contribution in [1.82, 2.24) is 0 Å². The fourth-order valence-electron chi connectivity index (χ4n) is 1.48. The lowest BCUT2D eigenvalue weighted by atomic mass is 9.93. The molecule has 0 aliphatic rings. The molecule has 0 saturated carbocycles. The van der Waals surface area contributed by atoms with Crippen molar-refractivity contribution in [1.29, 1.82) is 0 Å². The Morgan fingerprint density at radius 2 is 2.10 bits per heavy atom. The van der Waals surface area contributed by atoms with Gasteiger partial charge in [0.25, 0.3) is 0 Å². The highest BCUT2D eigenvalue weighted by Gasteiger charge is 2.45. The third kappa shape index (κ3) is 4.00. The highest BCUT2D eigenvalue weighted by atomic mass is 32.1. The molecule has 0 saturated heterocycles. The summed E-state index contributed by atoms with van der Waals surface area (Å²) in [7, 11) is 0. The summed E-state index contributed by atoms with van der Waals surface area (Å²) in [4.78, 5) is 24.0. The Kier molecular flexibility index (Phi) is 5.62. The van der Waals surface area contributed by atoms with Crippen LogP contribution in [0, 0.1) is 0 Å². The van der Waals surface area contributed by atoms with E-state index in [0.717, 1.165) is 17.9 Å². The molecule has 2 atom stereocenters. The molecule has 0 radical (unpaired) electrons. The zero-order valence-corrected chi connectivity index (χ0v) is 12.4. The van der Waals surface area contributed by atoms with Crippen LogP contribution in [0.3, 0.4) is 0 Å². The van der Waals surface area contributed by atoms with E-state index in [1.807, 2.05) is 5.38 Å². The van der Waals surface area contributed by atoms with Crippen molar-refractivity contribution in [3.8, 4) is 0 Å². The molecule has 0 aliphatic heterocycles. The van der Waals surface area contributed by atoms with Crippen LogP contribution in [-0.4, -0.2) is 39.8 Å². The van der Waals surface area contributed by atoms with E-state index in [1.165, 1.54) is 17.4 Å². The van der Waals surface area contributed by atoms with Crippen LogP contribution >= 0.6 is 11.3 Å². The Hall–Kier alpha value is -1.50. The molecule has 1 aromatic heterocycles. The van der Waals surface area contributed by atoms with Gasteiger partial charge in [-0.1, -0.05) is 6.07 Å². The van der Waals surface area contributed by atoms with Crippen molar-refractivity contribution < 1.29 is 24.5 Å². The molecule has 0 bridgehead atoms. The molecule has 0 aliphatic carbocycles. The van der Waals surface area contributed by atoms with Crippen LogP contribution in [0.4, 0.5) is 0 Å². The van der Waals surface area contributed by atoms with Gasteiger partial charge >= 0.3 is 5.97 Å². The van der Waals surface area contributed by atoms with E-state index >= 15 is 0 Å². The topological polar surface area (TPSA) is 83.8 Å². The maximum Gasteiger partial charge on any atom is 0.345 e. The minimum absolute atomic E-state index is 0.469. The van der Waals surface area contributed by atoms with Gasteiger partial charge in [0.15, 0.2) is 11.9 Å². The number of ether oxygens (including phenoxy) is 1. The number of hydrogen-bond donors (Lipinski definition) is 2. The number of aliphatic hydroxyl groups is 2. The third-order valence-electron chi connectivity index (χ3n) is 2.52. The van der Waals surface area contributed by atoms with Gasteiger partial charge in [0.2, 0.25) is 5.60 Å². The predicted octanol–water partition coefficient (Wildman–Crippen LogP) is 1.39. The Balaban J connectivity index is 3.06. The number of carbonyl (C=O) groups excluding carboxylic acids is 2. The number of aliphatic hydroxyl groups excluding tert-OH is 1. The summed E-state index contributed by atoms with van der Waals surface area (Å²) in [6.07, 6.45) is 0.224.